The molecule has 2 aliphatic rings. The molecule has 2 heterocycles. The Morgan fingerprint density at radius 2 is 1.73 bits per heavy atom. The number of para-hydroxylation sites is 1. The number of aryl methyl sites for hydroxylation is 1. The van der Waals surface area contributed by atoms with Crippen LogP contribution in [-0.4, -0.2) is 47.6 Å². The van der Waals surface area contributed by atoms with Crippen LogP contribution in [0, 0.1) is 6.92 Å². The lowest BCUT2D eigenvalue weighted by molar-refractivity contribution is -0.143. The van der Waals surface area contributed by atoms with Crippen molar-refractivity contribution < 1.29 is 28.7 Å². The van der Waals surface area contributed by atoms with Crippen molar-refractivity contribution in [3.63, 3.8) is 0 Å². The van der Waals surface area contributed by atoms with Gasteiger partial charge in [0.1, 0.15) is 0 Å². The summed E-state index contributed by atoms with van der Waals surface area (Å²) >= 11 is 0. The number of hydrogen-bond donors (Lipinski definition) is 0. The molecule has 0 N–H and O–H groups in total. The second-order valence-corrected chi connectivity index (χ2v) is 7.11. The number of likely N-dealkylation sites (tertiary alicyclic amines) is 1. The van der Waals surface area contributed by atoms with Gasteiger partial charge in [-0.15, -0.1) is 0 Å². The summed E-state index contributed by atoms with van der Waals surface area (Å²) in [6.07, 6.45) is 0.898. The molecule has 0 radical (unpaired) electrons. The van der Waals surface area contributed by atoms with Crippen LogP contribution in [-0.2, 0) is 14.3 Å². The molecule has 0 aliphatic carbocycles. The van der Waals surface area contributed by atoms with Gasteiger partial charge in [0, 0.05) is 13.0 Å². The first-order chi connectivity index (χ1) is 14.4. The summed E-state index contributed by atoms with van der Waals surface area (Å²) in [5, 5.41) is 0. The number of rotatable bonds is 4. The minimum atomic E-state index is -0.813. The molecule has 2 aromatic rings. The summed E-state index contributed by atoms with van der Waals surface area (Å²) in [6.45, 7) is 1.55. The number of fused-ring (bicyclic) bond motifs is 1. The number of benzene rings is 2. The van der Waals surface area contributed by atoms with Crippen molar-refractivity contribution in [2.75, 3.05) is 18.1 Å². The minimum Gasteiger partial charge on any atom is -0.452 e. The number of esters is 1. The Balaban J connectivity index is 1.51. The molecule has 2 aromatic carbocycles. The summed E-state index contributed by atoms with van der Waals surface area (Å²) < 4.78 is 5.01. The van der Waals surface area contributed by atoms with E-state index in [1.54, 1.807) is 25.1 Å². The fourth-order valence-electron chi connectivity index (χ4n) is 3.60. The number of carbonyl (C=O) groups is 5. The van der Waals surface area contributed by atoms with E-state index in [0.29, 0.717) is 25.1 Å². The van der Waals surface area contributed by atoms with Crippen molar-refractivity contribution in [2.24, 2.45) is 0 Å². The molecule has 8 nitrogen and oxygen atoms in total. The first-order valence-electron chi connectivity index (χ1n) is 9.47. The summed E-state index contributed by atoms with van der Waals surface area (Å²) in [5.41, 5.74) is 1.58. The molecule has 0 aromatic heterocycles. The van der Waals surface area contributed by atoms with Crippen molar-refractivity contribution in [3.05, 3.63) is 64.7 Å². The lowest BCUT2D eigenvalue weighted by Gasteiger charge is -2.16. The fourth-order valence-corrected chi connectivity index (χ4v) is 3.60. The fraction of sp³-hybridized carbons (Fsp3) is 0.227. The van der Waals surface area contributed by atoms with E-state index in [1.807, 2.05) is 6.07 Å². The van der Waals surface area contributed by atoms with Gasteiger partial charge in [-0.1, -0.05) is 18.2 Å². The van der Waals surface area contributed by atoms with Crippen LogP contribution in [0.15, 0.2) is 42.5 Å². The second kappa shape index (κ2) is 7.55. The number of imide groups is 2. The third-order valence-electron chi connectivity index (χ3n) is 5.18. The summed E-state index contributed by atoms with van der Waals surface area (Å²) in [7, 11) is 0. The average molecular weight is 406 g/mol. The third kappa shape index (κ3) is 3.26. The molecular formula is C22H18N2O6. The molecule has 8 heteroatoms. The van der Waals surface area contributed by atoms with Crippen LogP contribution in [0.3, 0.4) is 0 Å². The van der Waals surface area contributed by atoms with E-state index in [-0.39, 0.29) is 22.6 Å². The lowest BCUT2D eigenvalue weighted by Crippen LogP contribution is -2.35. The molecule has 1 saturated heterocycles. The Kier molecular flexibility index (Phi) is 4.91. The molecule has 2 aliphatic heterocycles. The van der Waals surface area contributed by atoms with Gasteiger partial charge in [0.25, 0.3) is 17.7 Å². The Bertz CT molecular complexity index is 1110. The third-order valence-corrected chi connectivity index (χ3v) is 5.18. The topological polar surface area (TPSA) is 101 Å². The largest absolute Gasteiger partial charge is 0.452 e. The highest BCUT2D eigenvalue weighted by Gasteiger charge is 2.38. The molecular weight excluding hydrogens is 388 g/mol. The van der Waals surface area contributed by atoms with E-state index in [2.05, 4.69) is 0 Å². The predicted molar refractivity (Wildman–Crippen MR) is 105 cm³/mol. The van der Waals surface area contributed by atoms with Crippen molar-refractivity contribution in [1.82, 2.24) is 4.90 Å². The van der Waals surface area contributed by atoms with Crippen molar-refractivity contribution in [3.8, 4) is 0 Å². The maximum Gasteiger partial charge on any atom is 0.338 e. The number of anilines is 1. The summed E-state index contributed by atoms with van der Waals surface area (Å²) in [5.74, 6) is -2.67. The first-order valence-corrected chi connectivity index (χ1v) is 9.47. The van der Waals surface area contributed by atoms with Crippen molar-refractivity contribution >= 4 is 35.3 Å². The smallest absolute Gasteiger partial charge is 0.338 e. The Hall–Kier alpha value is -3.81. The molecule has 0 saturated carbocycles. The standard InChI is InChI=1S/C22H18N2O6/c1-13-5-2-3-6-17(13)24-20(27)15-9-8-14(11-16(15)21(24)28)22(29)30-12-19(26)23-10-4-7-18(23)25/h2-3,5-6,8-9,11H,4,7,10,12H2,1H3. The highest BCUT2D eigenvalue weighted by Crippen LogP contribution is 2.31. The van der Waals surface area contributed by atoms with Crippen LogP contribution in [0.2, 0.25) is 0 Å². The highest BCUT2D eigenvalue weighted by atomic mass is 16.5. The average Bonchev–Trinajstić information content (AvgIpc) is 3.28. The quantitative estimate of drug-likeness (QED) is 0.569. The molecule has 0 unspecified atom stereocenters. The lowest BCUT2D eigenvalue weighted by atomic mass is 10.1. The molecule has 0 spiro atoms. The van der Waals surface area contributed by atoms with Crippen LogP contribution in [0.5, 0.6) is 0 Å². The Labute approximate surface area is 172 Å². The predicted octanol–water partition coefficient (Wildman–Crippen LogP) is 2.10. The number of ether oxygens (including phenoxy) is 1. The van der Waals surface area contributed by atoms with Crippen LogP contribution in [0.4, 0.5) is 5.69 Å². The number of nitrogens with zero attached hydrogens (tertiary/aromatic N) is 2. The normalized spacial score (nSPS) is 15.6. The monoisotopic (exact) mass is 406 g/mol. The van der Waals surface area contributed by atoms with Gasteiger partial charge in [-0.3, -0.25) is 24.1 Å². The Morgan fingerprint density at radius 3 is 2.43 bits per heavy atom. The van der Waals surface area contributed by atoms with Gasteiger partial charge in [0.2, 0.25) is 5.91 Å². The zero-order chi connectivity index (χ0) is 21.4. The highest BCUT2D eigenvalue weighted by molar-refractivity contribution is 6.34. The molecule has 152 valence electrons. The van der Waals surface area contributed by atoms with Gasteiger partial charge < -0.3 is 4.74 Å². The van der Waals surface area contributed by atoms with E-state index in [0.717, 1.165) is 15.4 Å². The van der Waals surface area contributed by atoms with Crippen LogP contribution < -0.4 is 4.90 Å². The number of carbonyl (C=O) groups excluding carboxylic acids is 5. The van der Waals surface area contributed by atoms with Gasteiger partial charge in [-0.25, -0.2) is 9.69 Å². The minimum absolute atomic E-state index is 0.0436. The van der Waals surface area contributed by atoms with E-state index in [4.69, 9.17) is 4.74 Å². The second-order valence-electron chi connectivity index (χ2n) is 7.11. The van der Waals surface area contributed by atoms with E-state index in [1.165, 1.54) is 18.2 Å². The van der Waals surface area contributed by atoms with Gasteiger partial charge in [-0.05, 0) is 43.2 Å². The zero-order valence-electron chi connectivity index (χ0n) is 16.2. The molecule has 4 rings (SSSR count). The molecule has 0 atom stereocenters. The van der Waals surface area contributed by atoms with Gasteiger partial charge >= 0.3 is 5.97 Å². The van der Waals surface area contributed by atoms with Crippen LogP contribution in [0.1, 0.15) is 49.5 Å². The van der Waals surface area contributed by atoms with Crippen molar-refractivity contribution in [1.29, 1.82) is 0 Å². The first kappa shape index (κ1) is 19.5. The summed E-state index contributed by atoms with van der Waals surface area (Å²) in [6, 6.07) is 11.1. The molecule has 1 fully saturated rings. The molecule has 30 heavy (non-hydrogen) atoms. The van der Waals surface area contributed by atoms with E-state index < -0.39 is 30.3 Å². The SMILES string of the molecule is Cc1ccccc1N1C(=O)c2ccc(C(=O)OCC(=O)N3CCCC3=O)cc2C1=O. The molecule has 0 bridgehead atoms. The van der Waals surface area contributed by atoms with Gasteiger partial charge in [0.05, 0.1) is 22.4 Å². The van der Waals surface area contributed by atoms with E-state index >= 15 is 0 Å². The summed E-state index contributed by atoms with van der Waals surface area (Å²) in [4.78, 5) is 63.7. The maximum atomic E-state index is 12.9. The van der Waals surface area contributed by atoms with E-state index in [9.17, 15) is 24.0 Å². The zero-order valence-corrected chi connectivity index (χ0v) is 16.2. The Morgan fingerprint density at radius 1 is 1.00 bits per heavy atom. The number of amides is 4. The van der Waals surface area contributed by atoms with Crippen molar-refractivity contribution in [2.45, 2.75) is 19.8 Å². The number of hydrogen-bond acceptors (Lipinski definition) is 6. The van der Waals surface area contributed by atoms with Crippen LogP contribution in [0.25, 0.3) is 0 Å². The van der Waals surface area contributed by atoms with Crippen LogP contribution >= 0.6 is 0 Å². The molecule has 4 amide bonds. The van der Waals surface area contributed by atoms with Gasteiger partial charge in [-0.2, -0.15) is 0 Å². The maximum absolute atomic E-state index is 12.9. The van der Waals surface area contributed by atoms with Gasteiger partial charge in [0.15, 0.2) is 6.61 Å².